The number of guanidine groups is 1. The number of sulfone groups is 1. The highest BCUT2D eigenvalue weighted by molar-refractivity contribution is 7.90. The number of rotatable bonds is 8. The minimum Gasteiger partial charge on any atom is -0.492 e. The Morgan fingerprint density at radius 3 is 2.46 bits per heavy atom. The van der Waals surface area contributed by atoms with E-state index in [0.29, 0.717) is 25.4 Å². The Kier molecular flexibility index (Phi) is 8.14. The number of ether oxygens (including phenoxy) is 1. The van der Waals surface area contributed by atoms with E-state index in [1.54, 1.807) is 12.1 Å². The maximum absolute atomic E-state index is 11.5. The molecule has 0 atom stereocenters. The van der Waals surface area contributed by atoms with E-state index >= 15 is 0 Å². The van der Waals surface area contributed by atoms with Crippen LogP contribution in [0, 0.1) is 0 Å². The van der Waals surface area contributed by atoms with Gasteiger partial charge in [-0.25, -0.2) is 13.4 Å². The SMILES string of the molecule is CCNC(=NCCOc1ccc(S(C)(=O)=O)cc1)N(C)Cc1ccccc1Cl. The molecule has 0 aliphatic rings. The molecule has 1 N–H and O–H groups in total. The molecule has 0 unspecified atom stereocenters. The maximum atomic E-state index is 11.5. The summed E-state index contributed by atoms with van der Waals surface area (Å²) in [5, 5.41) is 3.98. The van der Waals surface area contributed by atoms with Crippen LogP contribution in [0.15, 0.2) is 58.4 Å². The summed E-state index contributed by atoms with van der Waals surface area (Å²) in [6.45, 7) is 4.24. The van der Waals surface area contributed by atoms with E-state index in [4.69, 9.17) is 16.3 Å². The number of aliphatic imine (C=N–C) groups is 1. The summed E-state index contributed by atoms with van der Waals surface area (Å²) in [7, 11) is -1.25. The van der Waals surface area contributed by atoms with E-state index in [0.717, 1.165) is 23.1 Å². The molecule has 2 aromatic carbocycles. The van der Waals surface area contributed by atoms with E-state index in [1.807, 2.05) is 43.1 Å². The van der Waals surface area contributed by atoms with Crippen molar-refractivity contribution in [3.8, 4) is 5.75 Å². The molecule has 152 valence electrons. The van der Waals surface area contributed by atoms with Crippen molar-refractivity contribution in [1.29, 1.82) is 0 Å². The molecule has 0 saturated carbocycles. The average molecular weight is 424 g/mol. The van der Waals surface area contributed by atoms with Crippen molar-refractivity contribution < 1.29 is 13.2 Å². The molecular weight excluding hydrogens is 398 g/mol. The number of halogens is 1. The molecule has 8 heteroatoms. The Morgan fingerprint density at radius 2 is 1.86 bits per heavy atom. The van der Waals surface area contributed by atoms with Crippen LogP contribution in [0.2, 0.25) is 5.02 Å². The summed E-state index contributed by atoms with van der Waals surface area (Å²) < 4.78 is 28.6. The van der Waals surface area contributed by atoms with Crippen LogP contribution in [0.25, 0.3) is 0 Å². The fourth-order valence-electron chi connectivity index (χ4n) is 2.52. The molecule has 2 aromatic rings. The first kappa shape index (κ1) is 22.0. The van der Waals surface area contributed by atoms with Crippen LogP contribution in [0.1, 0.15) is 12.5 Å². The van der Waals surface area contributed by atoms with Crippen molar-refractivity contribution in [2.24, 2.45) is 4.99 Å². The molecule has 0 amide bonds. The van der Waals surface area contributed by atoms with E-state index in [9.17, 15) is 8.42 Å². The van der Waals surface area contributed by atoms with Gasteiger partial charge in [0, 0.05) is 31.4 Å². The molecule has 0 heterocycles. The standard InChI is InChI=1S/C20H26ClN3O3S/c1-4-22-20(24(2)15-16-7-5-6-8-19(16)21)23-13-14-27-17-9-11-18(12-10-17)28(3,25)26/h5-12H,4,13-15H2,1-3H3,(H,22,23). The van der Waals surface area contributed by atoms with Crippen molar-refractivity contribution in [2.45, 2.75) is 18.4 Å². The topological polar surface area (TPSA) is 71.0 Å². The third-order valence-electron chi connectivity index (χ3n) is 3.94. The van der Waals surface area contributed by atoms with Crippen molar-refractivity contribution in [3.63, 3.8) is 0 Å². The summed E-state index contributed by atoms with van der Waals surface area (Å²) >= 11 is 6.24. The summed E-state index contributed by atoms with van der Waals surface area (Å²) in [6, 6.07) is 14.1. The van der Waals surface area contributed by atoms with Gasteiger partial charge in [-0.3, -0.25) is 0 Å². The quantitative estimate of drug-likeness (QED) is 0.401. The second kappa shape index (κ2) is 10.3. The third-order valence-corrected chi connectivity index (χ3v) is 5.43. The number of hydrogen-bond acceptors (Lipinski definition) is 4. The van der Waals surface area contributed by atoms with Gasteiger partial charge >= 0.3 is 0 Å². The van der Waals surface area contributed by atoms with Crippen LogP contribution in [0.4, 0.5) is 0 Å². The first-order valence-corrected chi connectivity index (χ1v) is 11.2. The zero-order chi connectivity index (χ0) is 20.6. The molecule has 0 aromatic heterocycles. The third kappa shape index (κ3) is 6.73. The Hall–Kier alpha value is -2.25. The van der Waals surface area contributed by atoms with Gasteiger partial charge in [-0.15, -0.1) is 0 Å². The molecule has 0 aliphatic heterocycles. The van der Waals surface area contributed by atoms with Gasteiger partial charge in [0.2, 0.25) is 0 Å². The number of hydrogen-bond donors (Lipinski definition) is 1. The largest absolute Gasteiger partial charge is 0.492 e. The Labute approximate surface area is 172 Å². The van der Waals surface area contributed by atoms with Crippen LogP contribution < -0.4 is 10.1 Å². The Bertz CT molecular complexity index is 899. The van der Waals surface area contributed by atoms with Crippen molar-refractivity contribution in [3.05, 3.63) is 59.1 Å². The van der Waals surface area contributed by atoms with Gasteiger partial charge in [0.25, 0.3) is 0 Å². The minimum absolute atomic E-state index is 0.272. The van der Waals surface area contributed by atoms with Gasteiger partial charge in [0.15, 0.2) is 15.8 Å². The number of nitrogens with one attached hydrogen (secondary N) is 1. The maximum Gasteiger partial charge on any atom is 0.194 e. The first-order chi connectivity index (χ1) is 13.3. The zero-order valence-corrected chi connectivity index (χ0v) is 17.9. The predicted molar refractivity (Wildman–Crippen MR) is 114 cm³/mol. The lowest BCUT2D eigenvalue weighted by Crippen LogP contribution is -2.38. The molecule has 28 heavy (non-hydrogen) atoms. The molecule has 0 fully saturated rings. The number of nitrogens with zero attached hydrogens (tertiary/aromatic N) is 2. The Balaban J connectivity index is 1.92. The van der Waals surface area contributed by atoms with Gasteiger partial charge in [-0.2, -0.15) is 0 Å². The molecule has 0 spiro atoms. The Morgan fingerprint density at radius 1 is 1.18 bits per heavy atom. The summed E-state index contributed by atoms with van der Waals surface area (Å²) in [5.41, 5.74) is 1.03. The smallest absolute Gasteiger partial charge is 0.194 e. The van der Waals surface area contributed by atoms with E-state index in [2.05, 4.69) is 10.3 Å². The highest BCUT2D eigenvalue weighted by Crippen LogP contribution is 2.17. The fourth-order valence-corrected chi connectivity index (χ4v) is 3.35. The second-order valence-electron chi connectivity index (χ2n) is 6.28. The van der Waals surface area contributed by atoms with Crippen molar-refractivity contribution in [1.82, 2.24) is 10.2 Å². The van der Waals surface area contributed by atoms with Gasteiger partial charge in [-0.1, -0.05) is 29.8 Å². The lowest BCUT2D eigenvalue weighted by molar-refractivity contribution is 0.327. The molecule has 0 saturated heterocycles. The van der Waals surface area contributed by atoms with Crippen LogP contribution in [0.3, 0.4) is 0 Å². The summed E-state index contributed by atoms with van der Waals surface area (Å²) in [5.74, 6) is 1.37. The molecule has 0 aliphatic carbocycles. The first-order valence-electron chi connectivity index (χ1n) is 8.97. The number of benzene rings is 2. The molecule has 0 bridgehead atoms. The van der Waals surface area contributed by atoms with Gasteiger partial charge in [-0.05, 0) is 42.8 Å². The summed E-state index contributed by atoms with van der Waals surface area (Å²) in [6.07, 6.45) is 1.18. The van der Waals surface area contributed by atoms with Crippen molar-refractivity contribution >= 4 is 27.4 Å². The van der Waals surface area contributed by atoms with E-state index < -0.39 is 9.84 Å². The van der Waals surface area contributed by atoms with E-state index in [-0.39, 0.29) is 4.90 Å². The molecular formula is C20H26ClN3O3S. The second-order valence-corrected chi connectivity index (χ2v) is 8.70. The minimum atomic E-state index is -3.20. The normalized spacial score (nSPS) is 11.9. The lowest BCUT2D eigenvalue weighted by Gasteiger charge is -2.22. The van der Waals surface area contributed by atoms with Crippen LogP contribution in [-0.4, -0.2) is 52.3 Å². The highest BCUT2D eigenvalue weighted by Gasteiger charge is 2.09. The van der Waals surface area contributed by atoms with Gasteiger partial charge in [0.05, 0.1) is 11.4 Å². The highest BCUT2D eigenvalue weighted by atomic mass is 35.5. The van der Waals surface area contributed by atoms with Crippen LogP contribution >= 0.6 is 11.6 Å². The molecule has 0 radical (unpaired) electrons. The predicted octanol–water partition coefficient (Wildman–Crippen LogP) is 3.22. The average Bonchev–Trinajstić information content (AvgIpc) is 2.65. The van der Waals surface area contributed by atoms with Crippen LogP contribution in [0.5, 0.6) is 5.75 Å². The molecule has 2 rings (SSSR count). The summed E-state index contributed by atoms with van der Waals surface area (Å²) in [4.78, 5) is 6.86. The van der Waals surface area contributed by atoms with Gasteiger partial charge < -0.3 is 15.0 Å². The van der Waals surface area contributed by atoms with Gasteiger partial charge in [0.1, 0.15) is 12.4 Å². The van der Waals surface area contributed by atoms with Crippen molar-refractivity contribution in [2.75, 3.05) is 33.0 Å². The van der Waals surface area contributed by atoms with E-state index in [1.165, 1.54) is 18.4 Å². The molecule has 6 nitrogen and oxygen atoms in total. The monoisotopic (exact) mass is 423 g/mol. The lowest BCUT2D eigenvalue weighted by atomic mass is 10.2. The fraction of sp³-hybridized carbons (Fsp3) is 0.350. The van der Waals surface area contributed by atoms with Crippen LogP contribution in [-0.2, 0) is 16.4 Å². The zero-order valence-electron chi connectivity index (χ0n) is 16.4.